The van der Waals surface area contributed by atoms with Crippen molar-refractivity contribution < 1.29 is 9.53 Å². The molecule has 1 aromatic heterocycles. The third-order valence-electron chi connectivity index (χ3n) is 4.16. The SMILES string of the molecule is CCn1c(SCC(=O)Nc2cc(Cl)ccc2Cl)nnc1C(C)Oc1ccc(Cl)cc1Cl. The van der Waals surface area contributed by atoms with Gasteiger partial charge in [0.25, 0.3) is 0 Å². The first-order chi connectivity index (χ1) is 14.8. The molecule has 1 unspecified atom stereocenters. The monoisotopic (exact) mass is 518 g/mol. The molecule has 0 spiro atoms. The minimum absolute atomic E-state index is 0.124. The van der Waals surface area contributed by atoms with Crippen LogP contribution in [0.25, 0.3) is 0 Å². The first kappa shape index (κ1) is 24.0. The summed E-state index contributed by atoms with van der Waals surface area (Å²) in [5.74, 6) is 1.00. The molecule has 0 radical (unpaired) electrons. The van der Waals surface area contributed by atoms with Gasteiger partial charge in [0.1, 0.15) is 5.75 Å². The van der Waals surface area contributed by atoms with Crippen LogP contribution in [0.4, 0.5) is 5.69 Å². The van der Waals surface area contributed by atoms with Crippen molar-refractivity contribution in [3.05, 3.63) is 62.3 Å². The van der Waals surface area contributed by atoms with Gasteiger partial charge in [-0.15, -0.1) is 10.2 Å². The third-order valence-corrected chi connectivity index (χ3v) is 6.22. The number of ether oxygens (including phenoxy) is 1. The first-order valence-corrected chi connectivity index (χ1v) is 11.7. The first-order valence-electron chi connectivity index (χ1n) is 9.21. The Labute approximate surface area is 204 Å². The molecular formula is C20H18Cl4N4O2S. The van der Waals surface area contributed by atoms with Gasteiger partial charge in [0.05, 0.1) is 21.5 Å². The maximum absolute atomic E-state index is 12.4. The number of thioether (sulfide) groups is 1. The van der Waals surface area contributed by atoms with Crippen LogP contribution in [0.1, 0.15) is 25.8 Å². The van der Waals surface area contributed by atoms with Crippen molar-refractivity contribution in [2.24, 2.45) is 0 Å². The fraction of sp³-hybridized carbons (Fsp3) is 0.250. The Morgan fingerprint density at radius 1 is 1.10 bits per heavy atom. The second kappa shape index (κ2) is 10.8. The summed E-state index contributed by atoms with van der Waals surface area (Å²) in [5.41, 5.74) is 0.458. The molecule has 3 rings (SSSR count). The van der Waals surface area contributed by atoms with Gasteiger partial charge < -0.3 is 14.6 Å². The van der Waals surface area contributed by atoms with Gasteiger partial charge in [-0.05, 0) is 50.2 Å². The Kier molecular flexibility index (Phi) is 8.36. The number of hydrogen-bond acceptors (Lipinski definition) is 5. The zero-order valence-corrected chi connectivity index (χ0v) is 20.4. The Morgan fingerprint density at radius 2 is 1.81 bits per heavy atom. The number of carbonyl (C=O) groups is 1. The maximum Gasteiger partial charge on any atom is 0.234 e. The molecule has 0 saturated carbocycles. The van der Waals surface area contributed by atoms with Gasteiger partial charge in [0, 0.05) is 16.6 Å². The van der Waals surface area contributed by atoms with Crippen LogP contribution in [-0.2, 0) is 11.3 Å². The average Bonchev–Trinajstić information content (AvgIpc) is 3.14. The number of anilines is 1. The molecule has 2 aromatic carbocycles. The largest absolute Gasteiger partial charge is 0.481 e. The summed E-state index contributed by atoms with van der Waals surface area (Å²) in [6.45, 7) is 4.42. The molecule has 0 bridgehead atoms. The van der Waals surface area contributed by atoms with E-state index >= 15 is 0 Å². The summed E-state index contributed by atoms with van der Waals surface area (Å²) in [6.07, 6.45) is -0.417. The quantitative estimate of drug-likeness (QED) is 0.332. The summed E-state index contributed by atoms with van der Waals surface area (Å²) < 4.78 is 7.83. The van der Waals surface area contributed by atoms with Crippen LogP contribution in [-0.4, -0.2) is 26.4 Å². The van der Waals surface area contributed by atoms with Crippen LogP contribution < -0.4 is 10.1 Å². The number of carbonyl (C=O) groups excluding carboxylic acids is 1. The molecule has 0 aliphatic heterocycles. The van der Waals surface area contributed by atoms with Crippen molar-refractivity contribution in [1.29, 1.82) is 0 Å². The van der Waals surface area contributed by atoms with Gasteiger partial charge in [-0.25, -0.2) is 0 Å². The normalized spacial score (nSPS) is 11.9. The van der Waals surface area contributed by atoms with Crippen LogP contribution in [0, 0.1) is 0 Å². The number of hydrogen-bond donors (Lipinski definition) is 1. The van der Waals surface area contributed by atoms with Crippen molar-refractivity contribution in [3.63, 3.8) is 0 Å². The highest BCUT2D eigenvalue weighted by Crippen LogP contribution is 2.32. The Morgan fingerprint density at radius 3 is 2.52 bits per heavy atom. The average molecular weight is 520 g/mol. The van der Waals surface area contributed by atoms with Crippen molar-refractivity contribution in [2.45, 2.75) is 31.7 Å². The predicted octanol–water partition coefficient (Wildman–Crippen LogP) is 6.78. The Hall–Kier alpha value is -1.64. The van der Waals surface area contributed by atoms with Gasteiger partial charge in [-0.1, -0.05) is 58.2 Å². The molecule has 3 aromatic rings. The molecule has 0 aliphatic rings. The molecule has 164 valence electrons. The number of nitrogens with one attached hydrogen (secondary N) is 1. The van der Waals surface area contributed by atoms with E-state index in [1.807, 2.05) is 18.4 Å². The molecule has 31 heavy (non-hydrogen) atoms. The number of amides is 1. The second-order valence-corrected chi connectivity index (χ2v) is 9.01. The Bertz CT molecular complexity index is 1090. The number of aromatic nitrogens is 3. The van der Waals surface area contributed by atoms with E-state index in [2.05, 4.69) is 15.5 Å². The van der Waals surface area contributed by atoms with Gasteiger partial charge in [-0.3, -0.25) is 4.79 Å². The number of benzene rings is 2. The molecule has 0 fully saturated rings. The van der Waals surface area contributed by atoms with Crippen LogP contribution in [0.2, 0.25) is 20.1 Å². The van der Waals surface area contributed by atoms with E-state index in [-0.39, 0.29) is 11.7 Å². The van der Waals surface area contributed by atoms with Crippen molar-refractivity contribution in [2.75, 3.05) is 11.1 Å². The third kappa shape index (κ3) is 6.20. The van der Waals surface area contributed by atoms with Gasteiger partial charge in [0.2, 0.25) is 5.91 Å². The number of rotatable bonds is 8. The number of nitrogens with zero attached hydrogens (tertiary/aromatic N) is 3. The molecular weight excluding hydrogens is 502 g/mol. The van der Waals surface area contributed by atoms with E-state index < -0.39 is 6.10 Å². The zero-order chi connectivity index (χ0) is 22.5. The van der Waals surface area contributed by atoms with E-state index in [9.17, 15) is 4.79 Å². The summed E-state index contributed by atoms with van der Waals surface area (Å²) in [7, 11) is 0. The molecule has 11 heteroatoms. The minimum Gasteiger partial charge on any atom is -0.481 e. The van der Waals surface area contributed by atoms with Crippen molar-refractivity contribution >= 4 is 69.8 Å². The standard InChI is InChI=1S/C20H18Cl4N4O2S/c1-3-28-19(11(2)30-17-7-5-12(21)8-15(17)24)26-27-20(28)31-10-18(29)25-16-9-13(22)4-6-14(16)23/h4-9,11H,3,10H2,1-2H3,(H,25,29). The molecule has 6 nitrogen and oxygen atoms in total. The van der Waals surface area contributed by atoms with E-state index in [0.29, 0.717) is 49.1 Å². The molecule has 1 N–H and O–H groups in total. The maximum atomic E-state index is 12.4. The summed E-state index contributed by atoms with van der Waals surface area (Å²) in [5, 5.41) is 13.6. The Balaban J connectivity index is 1.66. The van der Waals surface area contributed by atoms with Gasteiger partial charge >= 0.3 is 0 Å². The second-order valence-electron chi connectivity index (χ2n) is 6.38. The predicted molar refractivity (Wildman–Crippen MR) is 127 cm³/mol. The molecule has 1 atom stereocenters. The highest BCUT2D eigenvalue weighted by molar-refractivity contribution is 7.99. The molecule has 1 heterocycles. The lowest BCUT2D eigenvalue weighted by atomic mass is 10.3. The van der Waals surface area contributed by atoms with E-state index in [0.717, 1.165) is 0 Å². The fourth-order valence-corrected chi connectivity index (χ4v) is 4.33. The van der Waals surface area contributed by atoms with Crippen LogP contribution >= 0.6 is 58.2 Å². The zero-order valence-electron chi connectivity index (χ0n) is 16.5. The smallest absolute Gasteiger partial charge is 0.234 e. The highest BCUT2D eigenvalue weighted by Gasteiger charge is 2.20. The highest BCUT2D eigenvalue weighted by atomic mass is 35.5. The lowest BCUT2D eigenvalue weighted by Gasteiger charge is -2.16. The van der Waals surface area contributed by atoms with E-state index in [4.69, 9.17) is 51.1 Å². The lowest BCUT2D eigenvalue weighted by Crippen LogP contribution is -2.15. The molecule has 0 aliphatic carbocycles. The van der Waals surface area contributed by atoms with Gasteiger partial charge in [0.15, 0.2) is 17.1 Å². The van der Waals surface area contributed by atoms with E-state index in [1.54, 1.807) is 36.4 Å². The van der Waals surface area contributed by atoms with Crippen molar-refractivity contribution in [3.8, 4) is 5.75 Å². The summed E-state index contributed by atoms with van der Waals surface area (Å²) in [6, 6.07) is 9.89. The molecule has 0 saturated heterocycles. The van der Waals surface area contributed by atoms with Crippen LogP contribution in [0.5, 0.6) is 5.75 Å². The van der Waals surface area contributed by atoms with Crippen molar-refractivity contribution in [1.82, 2.24) is 14.8 Å². The van der Waals surface area contributed by atoms with Gasteiger partial charge in [-0.2, -0.15) is 0 Å². The number of halogens is 4. The minimum atomic E-state index is -0.417. The fourth-order valence-electron chi connectivity index (χ4n) is 2.73. The van der Waals surface area contributed by atoms with Crippen LogP contribution in [0.3, 0.4) is 0 Å². The lowest BCUT2D eigenvalue weighted by molar-refractivity contribution is -0.113. The van der Waals surface area contributed by atoms with E-state index in [1.165, 1.54) is 11.8 Å². The van der Waals surface area contributed by atoms with Crippen LogP contribution in [0.15, 0.2) is 41.6 Å². The summed E-state index contributed by atoms with van der Waals surface area (Å²) in [4.78, 5) is 12.4. The topological polar surface area (TPSA) is 69.0 Å². The summed E-state index contributed by atoms with van der Waals surface area (Å²) >= 11 is 25.4. The molecule has 1 amide bonds.